The number of rotatable bonds is 1. The molecule has 2 aromatic carbocycles. The van der Waals surface area contributed by atoms with E-state index in [4.69, 9.17) is 17.4 Å². The molecule has 0 aliphatic carbocycles. The van der Waals surface area contributed by atoms with Crippen LogP contribution in [0.2, 0.25) is 5.02 Å². The van der Waals surface area contributed by atoms with Gasteiger partial charge in [-0.3, -0.25) is 5.84 Å². The van der Waals surface area contributed by atoms with Crippen LogP contribution in [0.3, 0.4) is 0 Å². The summed E-state index contributed by atoms with van der Waals surface area (Å²) in [7, 11) is 0. The molecule has 2 aromatic rings. The van der Waals surface area contributed by atoms with Crippen LogP contribution in [0, 0.1) is 3.57 Å². The van der Waals surface area contributed by atoms with Crippen molar-refractivity contribution in [2.75, 3.05) is 5.43 Å². The van der Waals surface area contributed by atoms with Gasteiger partial charge in [-0.15, -0.1) is 12.4 Å². The molecule has 0 unspecified atom stereocenters. The fourth-order valence-corrected chi connectivity index (χ4v) is 2.18. The molecular weight excluding hydrogens is 346 g/mol. The number of nitrogen functional groups attached to an aromatic ring is 1. The summed E-state index contributed by atoms with van der Waals surface area (Å²) >= 11 is 8.14. The molecule has 0 radical (unpaired) electrons. The second-order valence-corrected chi connectivity index (χ2v) is 4.57. The lowest BCUT2D eigenvalue weighted by molar-refractivity contribution is 1.35. The molecule has 3 N–H and O–H groups in total. The van der Waals surface area contributed by atoms with Gasteiger partial charge in [0.25, 0.3) is 0 Å². The van der Waals surface area contributed by atoms with Gasteiger partial charge in [0, 0.05) is 8.59 Å². The lowest BCUT2D eigenvalue weighted by atomic mass is 10.1. The number of halogens is 3. The minimum atomic E-state index is 0. The molecule has 0 fully saturated rings. The lowest BCUT2D eigenvalue weighted by Gasteiger charge is -2.06. The topological polar surface area (TPSA) is 38.0 Å². The first-order chi connectivity index (χ1) is 6.70. The van der Waals surface area contributed by atoms with Gasteiger partial charge < -0.3 is 5.43 Å². The van der Waals surface area contributed by atoms with Crippen molar-refractivity contribution in [3.63, 3.8) is 0 Å². The molecule has 0 amide bonds. The highest BCUT2D eigenvalue weighted by Crippen LogP contribution is 2.26. The Hall–Kier alpha value is -0.230. The normalized spacial score (nSPS) is 9.80. The summed E-state index contributed by atoms with van der Waals surface area (Å²) in [4.78, 5) is 0. The number of hydrogen-bond acceptors (Lipinski definition) is 2. The van der Waals surface area contributed by atoms with E-state index in [9.17, 15) is 0 Å². The van der Waals surface area contributed by atoms with Crippen LogP contribution < -0.4 is 11.3 Å². The largest absolute Gasteiger partial charge is 0.323 e. The molecule has 0 bridgehead atoms. The summed E-state index contributed by atoms with van der Waals surface area (Å²) in [5, 5.41) is 2.99. The second kappa shape index (κ2) is 5.21. The molecule has 0 aromatic heterocycles. The van der Waals surface area contributed by atoms with E-state index >= 15 is 0 Å². The van der Waals surface area contributed by atoms with Crippen molar-refractivity contribution in [1.29, 1.82) is 0 Å². The van der Waals surface area contributed by atoms with Gasteiger partial charge in [-0.25, -0.2) is 0 Å². The molecule has 0 aliphatic heterocycles. The van der Waals surface area contributed by atoms with Gasteiger partial charge in [0.05, 0.1) is 5.69 Å². The maximum Gasteiger partial charge on any atom is 0.0625 e. The summed E-state index contributed by atoms with van der Waals surface area (Å²) in [5.74, 6) is 5.39. The molecule has 0 spiro atoms. The first kappa shape index (κ1) is 12.8. The molecule has 2 rings (SSSR count). The molecule has 80 valence electrons. The predicted molar refractivity (Wildman–Crippen MR) is 76.7 cm³/mol. The third-order valence-corrected chi connectivity index (χ3v) is 3.17. The monoisotopic (exact) mass is 354 g/mol. The number of benzene rings is 2. The van der Waals surface area contributed by atoms with E-state index in [2.05, 4.69) is 34.1 Å². The van der Waals surface area contributed by atoms with Crippen LogP contribution in [0.25, 0.3) is 10.8 Å². The van der Waals surface area contributed by atoms with Gasteiger partial charge >= 0.3 is 0 Å². The maximum absolute atomic E-state index is 5.90. The highest BCUT2D eigenvalue weighted by molar-refractivity contribution is 14.1. The van der Waals surface area contributed by atoms with Crippen LogP contribution in [0.1, 0.15) is 0 Å². The quantitative estimate of drug-likeness (QED) is 0.464. The van der Waals surface area contributed by atoms with E-state index in [1.54, 1.807) is 0 Å². The highest BCUT2D eigenvalue weighted by atomic mass is 127. The van der Waals surface area contributed by atoms with Gasteiger partial charge in [0.15, 0.2) is 0 Å². The number of fused-ring (bicyclic) bond motifs is 1. The summed E-state index contributed by atoms with van der Waals surface area (Å²) < 4.78 is 1.10. The van der Waals surface area contributed by atoms with E-state index in [-0.39, 0.29) is 12.4 Å². The Morgan fingerprint density at radius 1 is 1.13 bits per heavy atom. The average Bonchev–Trinajstić information content (AvgIpc) is 2.17. The van der Waals surface area contributed by atoms with Crippen molar-refractivity contribution in [2.24, 2.45) is 5.84 Å². The van der Waals surface area contributed by atoms with Crippen LogP contribution in [0.15, 0.2) is 30.3 Å². The highest BCUT2D eigenvalue weighted by Gasteiger charge is 2.01. The van der Waals surface area contributed by atoms with Gasteiger partial charge in [0.1, 0.15) is 0 Å². The third kappa shape index (κ3) is 2.66. The first-order valence-electron chi connectivity index (χ1n) is 4.06. The first-order valence-corrected chi connectivity index (χ1v) is 5.52. The van der Waals surface area contributed by atoms with Crippen LogP contribution in [-0.4, -0.2) is 0 Å². The fourth-order valence-electron chi connectivity index (χ4n) is 1.35. The van der Waals surface area contributed by atoms with Gasteiger partial charge in [0.2, 0.25) is 0 Å². The second-order valence-electron chi connectivity index (χ2n) is 2.97. The van der Waals surface area contributed by atoms with Crippen LogP contribution >= 0.6 is 46.6 Å². The molecule has 0 aliphatic rings. The van der Waals surface area contributed by atoms with Crippen LogP contribution in [-0.2, 0) is 0 Å². The van der Waals surface area contributed by atoms with Crippen molar-refractivity contribution >= 4 is 63.1 Å². The van der Waals surface area contributed by atoms with Crippen molar-refractivity contribution in [1.82, 2.24) is 0 Å². The number of hydrogen-bond donors (Lipinski definition) is 2. The zero-order valence-corrected chi connectivity index (χ0v) is 11.4. The SMILES string of the molecule is Cl.NNc1cc2cc(Cl)ccc2cc1I. The predicted octanol–water partition coefficient (Wildman–Crippen LogP) is 3.81. The van der Waals surface area contributed by atoms with E-state index < -0.39 is 0 Å². The van der Waals surface area contributed by atoms with E-state index in [1.807, 2.05) is 24.3 Å². The third-order valence-electron chi connectivity index (χ3n) is 2.04. The molecule has 0 atom stereocenters. The number of anilines is 1. The zero-order chi connectivity index (χ0) is 10.1. The van der Waals surface area contributed by atoms with Gasteiger partial charge in [-0.2, -0.15) is 0 Å². The van der Waals surface area contributed by atoms with E-state index in [1.165, 1.54) is 0 Å². The van der Waals surface area contributed by atoms with Crippen molar-refractivity contribution < 1.29 is 0 Å². The van der Waals surface area contributed by atoms with Crippen molar-refractivity contribution in [3.05, 3.63) is 38.9 Å². The molecule has 0 saturated carbocycles. The fraction of sp³-hybridized carbons (Fsp3) is 0. The minimum absolute atomic E-state index is 0. The maximum atomic E-state index is 5.90. The smallest absolute Gasteiger partial charge is 0.0625 e. The molecular formula is C10H9Cl2IN2. The standard InChI is InChI=1S/C10H8ClIN2.ClH/c11-8-2-1-6-4-9(12)10(14-13)5-7(6)3-8;/h1-5,14H,13H2;1H. The van der Waals surface area contributed by atoms with E-state index in [0.29, 0.717) is 0 Å². The van der Waals surface area contributed by atoms with E-state index in [0.717, 1.165) is 25.1 Å². The van der Waals surface area contributed by atoms with Crippen LogP contribution in [0.4, 0.5) is 5.69 Å². The zero-order valence-electron chi connectivity index (χ0n) is 7.63. The summed E-state index contributed by atoms with van der Waals surface area (Å²) in [6.07, 6.45) is 0. The number of nitrogens with two attached hydrogens (primary N) is 1. The minimum Gasteiger partial charge on any atom is -0.323 e. The van der Waals surface area contributed by atoms with Crippen molar-refractivity contribution in [2.45, 2.75) is 0 Å². The Morgan fingerprint density at radius 2 is 1.87 bits per heavy atom. The van der Waals surface area contributed by atoms with Crippen LogP contribution in [0.5, 0.6) is 0 Å². The average molecular weight is 355 g/mol. The molecule has 0 saturated heterocycles. The summed E-state index contributed by atoms with van der Waals surface area (Å²) in [6, 6.07) is 9.87. The van der Waals surface area contributed by atoms with Crippen molar-refractivity contribution in [3.8, 4) is 0 Å². The number of hydrazine groups is 1. The molecule has 2 nitrogen and oxygen atoms in total. The Kier molecular flexibility index (Phi) is 4.45. The Labute approximate surface area is 113 Å². The summed E-state index contributed by atoms with van der Waals surface area (Å²) in [5.41, 5.74) is 3.57. The molecule has 5 heteroatoms. The van der Waals surface area contributed by atoms with Gasteiger partial charge in [-0.1, -0.05) is 17.7 Å². The lowest BCUT2D eigenvalue weighted by Crippen LogP contribution is -2.07. The van der Waals surface area contributed by atoms with Gasteiger partial charge in [-0.05, 0) is 57.6 Å². The summed E-state index contributed by atoms with van der Waals surface area (Å²) in [6.45, 7) is 0. The Bertz CT molecular complexity index is 488. The molecule has 15 heavy (non-hydrogen) atoms. The Balaban J connectivity index is 0.00000112. The Morgan fingerprint density at radius 3 is 2.53 bits per heavy atom. The molecule has 0 heterocycles. The number of nitrogens with one attached hydrogen (secondary N) is 1.